The van der Waals surface area contributed by atoms with E-state index >= 15 is 0 Å². The minimum Gasteiger partial charge on any atom is -0.490 e. The fourth-order valence-electron chi connectivity index (χ4n) is 1.84. The number of benzene rings is 2. The van der Waals surface area contributed by atoms with Crippen LogP contribution in [0.3, 0.4) is 0 Å². The number of amides is 2. The van der Waals surface area contributed by atoms with Crippen molar-refractivity contribution in [1.82, 2.24) is 5.32 Å². The van der Waals surface area contributed by atoms with E-state index in [4.69, 9.17) is 9.47 Å². The smallest absolute Gasteiger partial charge is 0.321 e. The maximum Gasteiger partial charge on any atom is 0.321 e. The van der Waals surface area contributed by atoms with Gasteiger partial charge in [0.15, 0.2) is 18.2 Å². The summed E-state index contributed by atoms with van der Waals surface area (Å²) in [6.45, 7) is 4.51. The molecule has 0 bridgehead atoms. The number of hydrogen-bond acceptors (Lipinski definition) is 3. The first-order valence-electron chi connectivity index (χ1n) is 7.15. The molecule has 0 atom stereocenters. The monoisotopic (exact) mass is 300 g/mol. The number of urea groups is 1. The Hall–Kier alpha value is -2.69. The van der Waals surface area contributed by atoms with E-state index in [2.05, 4.69) is 10.6 Å². The summed E-state index contributed by atoms with van der Waals surface area (Å²) in [5, 5.41) is 5.37. The predicted molar refractivity (Wildman–Crippen MR) is 86.4 cm³/mol. The summed E-state index contributed by atoms with van der Waals surface area (Å²) in [6, 6.07) is 14.6. The van der Waals surface area contributed by atoms with Crippen molar-refractivity contribution in [3.63, 3.8) is 0 Å². The van der Waals surface area contributed by atoms with Crippen LogP contribution in [-0.2, 0) is 0 Å². The standard InChI is InChI=1S/C17H20N2O3/c1-3-21-15-6-4-5-7-16(15)22-12-18-17(20)19-14-10-8-13(2)9-11-14/h4-11H,3,12H2,1-2H3,(H2,18,19,20). The third kappa shape index (κ3) is 4.70. The Labute approximate surface area is 130 Å². The highest BCUT2D eigenvalue weighted by Crippen LogP contribution is 2.25. The largest absolute Gasteiger partial charge is 0.490 e. The Kier molecular flexibility index (Phi) is 5.65. The highest BCUT2D eigenvalue weighted by molar-refractivity contribution is 5.89. The van der Waals surface area contributed by atoms with Crippen LogP contribution in [0.4, 0.5) is 10.5 Å². The van der Waals surface area contributed by atoms with Crippen molar-refractivity contribution in [3.05, 3.63) is 54.1 Å². The first kappa shape index (κ1) is 15.7. The Morgan fingerprint density at radius 3 is 2.27 bits per heavy atom. The van der Waals surface area contributed by atoms with E-state index in [0.717, 1.165) is 11.3 Å². The van der Waals surface area contributed by atoms with E-state index in [1.54, 1.807) is 6.07 Å². The molecule has 2 aromatic carbocycles. The molecule has 2 rings (SSSR count). The van der Waals surface area contributed by atoms with Crippen molar-refractivity contribution in [3.8, 4) is 11.5 Å². The highest BCUT2D eigenvalue weighted by atomic mass is 16.5. The highest BCUT2D eigenvalue weighted by Gasteiger charge is 2.05. The van der Waals surface area contributed by atoms with Crippen LogP contribution in [0.2, 0.25) is 0 Å². The van der Waals surface area contributed by atoms with Crippen molar-refractivity contribution in [2.45, 2.75) is 13.8 Å². The van der Waals surface area contributed by atoms with Crippen LogP contribution in [0.15, 0.2) is 48.5 Å². The summed E-state index contributed by atoms with van der Waals surface area (Å²) in [5.41, 5.74) is 1.87. The molecule has 5 heteroatoms. The number of nitrogens with one attached hydrogen (secondary N) is 2. The molecule has 0 aliphatic rings. The lowest BCUT2D eigenvalue weighted by Gasteiger charge is -2.12. The molecule has 0 saturated carbocycles. The molecule has 0 radical (unpaired) electrons. The van der Waals surface area contributed by atoms with E-state index in [9.17, 15) is 4.79 Å². The second-order valence-electron chi connectivity index (χ2n) is 4.67. The van der Waals surface area contributed by atoms with E-state index in [-0.39, 0.29) is 12.8 Å². The number of para-hydroxylation sites is 2. The number of carbonyl (C=O) groups is 1. The Morgan fingerprint density at radius 1 is 1.00 bits per heavy atom. The molecule has 0 saturated heterocycles. The number of hydrogen-bond donors (Lipinski definition) is 2. The van der Waals surface area contributed by atoms with E-state index in [0.29, 0.717) is 18.1 Å². The Balaban J connectivity index is 1.81. The van der Waals surface area contributed by atoms with Crippen molar-refractivity contribution in [2.75, 3.05) is 18.7 Å². The molecular formula is C17H20N2O3. The SMILES string of the molecule is CCOc1ccccc1OCNC(=O)Nc1ccc(C)cc1. The Morgan fingerprint density at radius 2 is 1.64 bits per heavy atom. The lowest BCUT2D eigenvalue weighted by atomic mass is 10.2. The minimum absolute atomic E-state index is 0.0573. The van der Waals surface area contributed by atoms with Gasteiger partial charge in [0.1, 0.15) is 0 Å². The predicted octanol–water partition coefficient (Wildman–Crippen LogP) is 3.55. The van der Waals surface area contributed by atoms with Gasteiger partial charge < -0.3 is 20.1 Å². The number of carbonyl (C=O) groups excluding carboxylic acids is 1. The molecule has 22 heavy (non-hydrogen) atoms. The number of anilines is 1. The lowest BCUT2D eigenvalue weighted by molar-refractivity contribution is 0.229. The van der Waals surface area contributed by atoms with Gasteiger partial charge in [0.25, 0.3) is 0 Å². The van der Waals surface area contributed by atoms with Gasteiger partial charge in [-0.3, -0.25) is 0 Å². The average Bonchev–Trinajstić information content (AvgIpc) is 2.51. The van der Waals surface area contributed by atoms with E-state index < -0.39 is 0 Å². The molecule has 2 amide bonds. The molecule has 116 valence electrons. The third-order valence-corrected chi connectivity index (χ3v) is 2.92. The summed E-state index contributed by atoms with van der Waals surface area (Å²) in [7, 11) is 0. The molecule has 0 spiro atoms. The van der Waals surface area contributed by atoms with Crippen LogP contribution in [0, 0.1) is 6.92 Å². The van der Waals surface area contributed by atoms with Gasteiger partial charge in [-0.15, -0.1) is 0 Å². The van der Waals surface area contributed by atoms with E-state index in [1.807, 2.05) is 56.3 Å². The average molecular weight is 300 g/mol. The molecule has 0 fully saturated rings. The zero-order chi connectivity index (χ0) is 15.8. The zero-order valence-corrected chi connectivity index (χ0v) is 12.8. The molecule has 2 aromatic rings. The van der Waals surface area contributed by atoms with Crippen molar-refractivity contribution in [1.29, 1.82) is 0 Å². The fraction of sp³-hybridized carbons (Fsp3) is 0.235. The summed E-state index contributed by atoms with van der Waals surface area (Å²) in [5.74, 6) is 1.26. The maximum absolute atomic E-state index is 11.8. The number of aryl methyl sites for hydroxylation is 1. The van der Waals surface area contributed by atoms with Crippen LogP contribution >= 0.6 is 0 Å². The second-order valence-corrected chi connectivity index (χ2v) is 4.67. The van der Waals surface area contributed by atoms with Gasteiger partial charge in [-0.1, -0.05) is 29.8 Å². The van der Waals surface area contributed by atoms with Gasteiger partial charge in [0.05, 0.1) is 6.61 Å². The van der Waals surface area contributed by atoms with Gasteiger partial charge in [-0.2, -0.15) is 0 Å². The Bertz CT molecular complexity index is 612. The van der Waals surface area contributed by atoms with E-state index in [1.165, 1.54) is 0 Å². The van der Waals surface area contributed by atoms with Crippen LogP contribution in [0.25, 0.3) is 0 Å². The molecule has 0 unspecified atom stereocenters. The van der Waals surface area contributed by atoms with Crippen LogP contribution in [-0.4, -0.2) is 19.4 Å². The lowest BCUT2D eigenvalue weighted by Crippen LogP contribution is -2.32. The maximum atomic E-state index is 11.8. The quantitative estimate of drug-likeness (QED) is 0.802. The van der Waals surface area contributed by atoms with Crippen LogP contribution in [0.1, 0.15) is 12.5 Å². The first-order chi connectivity index (χ1) is 10.7. The van der Waals surface area contributed by atoms with Crippen molar-refractivity contribution >= 4 is 11.7 Å². The zero-order valence-electron chi connectivity index (χ0n) is 12.8. The van der Waals surface area contributed by atoms with Gasteiger partial charge in [-0.05, 0) is 38.1 Å². The van der Waals surface area contributed by atoms with Gasteiger partial charge in [0, 0.05) is 5.69 Å². The normalized spacial score (nSPS) is 9.91. The molecule has 0 heterocycles. The van der Waals surface area contributed by atoms with Crippen LogP contribution < -0.4 is 20.1 Å². The van der Waals surface area contributed by atoms with Crippen molar-refractivity contribution in [2.24, 2.45) is 0 Å². The summed E-state index contributed by atoms with van der Waals surface area (Å²) in [6.07, 6.45) is 0. The number of rotatable bonds is 6. The molecule has 0 aromatic heterocycles. The van der Waals surface area contributed by atoms with Crippen LogP contribution in [0.5, 0.6) is 11.5 Å². The first-order valence-corrected chi connectivity index (χ1v) is 7.15. The number of ether oxygens (including phenoxy) is 2. The van der Waals surface area contributed by atoms with Gasteiger partial charge in [-0.25, -0.2) is 4.79 Å². The van der Waals surface area contributed by atoms with Gasteiger partial charge in [0.2, 0.25) is 0 Å². The summed E-state index contributed by atoms with van der Waals surface area (Å²) in [4.78, 5) is 11.8. The van der Waals surface area contributed by atoms with Gasteiger partial charge >= 0.3 is 6.03 Å². The molecule has 2 N–H and O–H groups in total. The second kappa shape index (κ2) is 7.93. The molecule has 0 aliphatic heterocycles. The fourth-order valence-corrected chi connectivity index (χ4v) is 1.84. The molecular weight excluding hydrogens is 280 g/mol. The minimum atomic E-state index is -0.322. The summed E-state index contributed by atoms with van der Waals surface area (Å²) < 4.78 is 11.0. The molecule has 0 aliphatic carbocycles. The third-order valence-electron chi connectivity index (χ3n) is 2.92. The van der Waals surface area contributed by atoms with Crippen molar-refractivity contribution < 1.29 is 14.3 Å². The molecule has 5 nitrogen and oxygen atoms in total. The summed E-state index contributed by atoms with van der Waals surface area (Å²) >= 11 is 0. The topological polar surface area (TPSA) is 59.6 Å².